The van der Waals surface area contributed by atoms with Crippen LogP contribution in [0.2, 0.25) is 5.02 Å². The average Bonchev–Trinajstić information content (AvgIpc) is 3.07. The van der Waals surface area contributed by atoms with Crippen molar-refractivity contribution < 1.29 is 18.7 Å². The summed E-state index contributed by atoms with van der Waals surface area (Å²) < 4.78 is 20.5. The number of ether oxygens (including phenoxy) is 1. The van der Waals surface area contributed by atoms with Crippen LogP contribution in [-0.4, -0.2) is 39.4 Å². The monoisotopic (exact) mass is 463 g/mol. The summed E-state index contributed by atoms with van der Waals surface area (Å²) in [4.78, 5) is 24.5. The fourth-order valence-corrected chi connectivity index (χ4v) is 3.52. The number of amides is 2. The molecule has 0 bridgehead atoms. The van der Waals surface area contributed by atoms with Gasteiger partial charge < -0.3 is 19.9 Å². The van der Waals surface area contributed by atoms with Gasteiger partial charge in [-0.15, -0.1) is 10.2 Å². The second kappa shape index (κ2) is 10.3. The first-order valence-electron chi connectivity index (χ1n) is 9.06. The summed E-state index contributed by atoms with van der Waals surface area (Å²) in [6.07, 6.45) is -0.0930. The molecule has 0 aliphatic rings. The summed E-state index contributed by atoms with van der Waals surface area (Å²) in [7, 11) is 3.18. The van der Waals surface area contributed by atoms with Gasteiger partial charge in [0.1, 0.15) is 17.4 Å². The molecule has 11 heteroatoms. The highest BCUT2D eigenvalue weighted by Gasteiger charge is 2.16. The zero-order valence-electron chi connectivity index (χ0n) is 16.7. The van der Waals surface area contributed by atoms with Gasteiger partial charge in [-0.3, -0.25) is 9.59 Å². The number of carbonyl (C=O) groups excluding carboxylic acids is 2. The highest BCUT2D eigenvalue weighted by Crippen LogP contribution is 2.28. The summed E-state index contributed by atoms with van der Waals surface area (Å²) in [6, 6.07) is 10.8. The van der Waals surface area contributed by atoms with E-state index < -0.39 is 11.7 Å². The first-order chi connectivity index (χ1) is 14.9. The van der Waals surface area contributed by atoms with Crippen molar-refractivity contribution in [3.8, 4) is 5.75 Å². The molecule has 0 saturated carbocycles. The maximum atomic E-state index is 13.7. The number of carbonyl (C=O) groups is 2. The van der Waals surface area contributed by atoms with Crippen molar-refractivity contribution in [3.05, 3.63) is 59.1 Å². The molecule has 2 amide bonds. The zero-order valence-corrected chi connectivity index (χ0v) is 18.3. The number of hydrogen-bond acceptors (Lipinski definition) is 6. The van der Waals surface area contributed by atoms with Gasteiger partial charge in [0.15, 0.2) is 5.16 Å². The Balaban J connectivity index is 1.57. The summed E-state index contributed by atoms with van der Waals surface area (Å²) in [5.41, 5.74) is 0.557. The van der Waals surface area contributed by atoms with E-state index in [1.165, 1.54) is 25.3 Å². The van der Waals surface area contributed by atoms with E-state index in [2.05, 4.69) is 20.8 Å². The first kappa shape index (κ1) is 22.6. The van der Waals surface area contributed by atoms with Gasteiger partial charge in [-0.05, 0) is 30.3 Å². The number of benzene rings is 2. The SMILES string of the molecule is COc1ccc(Cl)cc1NC(=O)CSc1nnc(CC(=O)Nc2ccccc2F)n1C. The quantitative estimate of drug-likeness (QED) is 0.496. The smallest absolute Gasteiger partial charge is 0.234 e. The van der Waals surface area contributed by atoms with Gasteiger partial charge in [-0.1, -0.05) is 35.5 Å². The molecule has 0 saturated heterocycles. The van der Waals surface area contributed by atoms with Crippen LogP contribution in [0, 0.1) is 5.82 Å². The lowest BCUT2D eigenvalue weighted by Crippen LogP contribution is -2.18. The van der Waals surface area contributed by atoms with E-state index in [4.69, 9.17) is 16.3 Å². The lowest BCUT2D eigenvalue weighted by atomic mass is 10.3. The minimum atomic E-state index is -0.521. The Hall–Kier alpha value is -3.11. The summed E-state index contributed by atoms with van der Waals surface area (Å²) >= 11 is 7.13. The number of halogens is 2. The van der Waals surface area contributed by atoms with Crippen molar-refractivity contribution in [2.75, 3.05) is 23.5 Å². The first-order valence-corrected chi connectivity index (χ1v) is 10.4. The van der Waals surface area contributed by atoms with Crippen LogP contribution in [0.15, 0.2) is 47.6 Å². The van der Waals surface area contributed by atoms with Crippen LogP contribution < -0.4 is 15.4 Å². The van der Waals surface area contributed by atoms with Crippen molar-refractivity contribution in [3.63, 3.8) is 0 Å². The number of para-hydroxylation sites is 1. The summed E-state index contributed by atoms with van der Waals surface area (Å²) in [5.74, 6) is -0.302. The van der Waals surface area contributed by atoms with Crippen molar-refractivity contribution >= 4 is 46.6 Å². The Labute approximate surface area is 187 Å². The fourth-order valence-electron chi connectivity index (χ4n) is 2.62. The van der Waals surface area contributed by atoms with Crippen molar-refractivity contribution in [2.24, 2.45) is 7.05 Å². The molecule has 1 aromatic heterocycles. The lowest BCUT2D eigenvalue weighted by Gasteiger charge is -2.10. The predicted octanol–water partition coefficient (Wildman–Crippen LogP) is 3.53. The topological polar surface area (TPSA) is 98.1 Å². The highest BCUT2D eigenvalue weighted by molar-refractivity contribution is 7.99. The summed E-state index contributed by atoms with van der Waals surface area (Å²) in [5, 5.41) is 14.2. The largest absolute Gasteiger partial charge is 0.495 e. The van der Waals surface area contributed by atoms with E-state index in [0.717, 1.165) is 11.8 Å². The Bertz CT molecular complexity index is 1110. The normalized spacial score (nSPS) is 10.6. The van der Waals surface area contributed by atoms with Gasteiger partial charge in [0.25, 0.3) is 0 Å². The molecule has 3 rings (SSSR count). The van der Waals surface area contributed by atoms with Gasteiger partial charge in [0.2, 0.25) is 11.8 Å². The summed E-state index contributed by atoms with van der Waals surface area (Å²) in [6.45, 7) is 0. The van der Waals surface area contributed by atoms with Crippen molar-refractivity contribution in [1.82, 2.24) is 14.8 Å². The lowest BCUT2D eigenvalue weighted by molar-refractivity contribution is -0.116. The minimum absolute atomic E-state index is 0.0586. The van der Waals surface area contributed by atoms with Gasteiger partial charge in [-0.25, -0.2) is 4.39 Å². The molecule has 2 N–H and O–H groups in total. The number of hydrogen-bond donors (Lipinski definition) is 2. The standard InChI is InChI=1S/C20H19ClFN5O3S/c1-27-17(10-18(28)23-14-6-4-3-5-13(14)22)25-26-20(27)31-11-19(29)24-15-9-12(21)7-8-16(15)30-2/h3-9H,10-11H2,1-2H3,(H,23,28)(H,24,29). The van der Waals surface area contributed by atoms with Crippen LogP contribution >= 0.6 is 23.4 Å². The van der Waals surface area contributed by atoms with E-state index in [0.29, 0.717) is 27.4 Å². The molecule has 162 valence electrons. The number of anilines is 2. The molecule has 31 heavy (non-hydrogen) atoms. The molecule has 0 radical (unpaired) electrons. The second-order valence-electron chi connectivity index (χ2n) is 6.34. The van der Waals surface area contributed by atoms with E-state index >= 15 is 0 Å². The zero-order chi connectivity index (χ0) is 22.4. The fraction of sp³-hybridized carbons (Fsp3) is 0.200. The minimum Gasteiger partial charge on any atom is -0.495 e. The number of nitrogens with one attached hydrogen (secondary N) is 2. The number of thioether (sulfide) groups is 1. The molecule has 1 heterocycles. The molecule has 0 aliphatic carbocycles. The molecule has 0 atom stereocenters. The van der Waals surface area contributed by atoms with E-state index in [1.54, 1.807) is 35.9 Å². The van der Waals surface area contributed by atoms with Gasteiger partial charge in [-0.2, -0.15) is 0 Å². The van der Waals surface area contributed by atoms with Gasteiger partial charge in [0.05, 0.1) is 30.7 Å². The molecule has 8 nitrogen and oxygen atoms in total. The van der Waals surface area contributed by atoms with Crippen molar-refractivity contribution in [2.45, 2.75) is 11.6 Å². The highest BCUT2D eigenvalue weighted by atomic mass is 35.5. The van der Waals surface area contributed by atoms with Crippen molar-refractivity contribution in [1.29, 1.82) is 0 Å². The molecule has 0 spiro atoms. The second-order valence-corrected chi connectivity index (χ2v) is 7.72. The molecular weight excluding hydrogens is 445 g/mol. The molecule has 2 aromatic carbocycles. The average molecular weight is 464 g/mol. The van der Waals surface area contributed by atoms with E-state index in [1.807, 2.05) is 0 Å². The Kier molecular flexibility index (Phi) is 7.48. The van der Waals surface area contributed by atoms with Crippen LogP contribution in [0.25, 0.3) is 0 Å². The third-order valence-electron chi connectivity index (χ3n) is 4.16. The number of methoxy groups -OCH3 is 1. The van der Waals surface area contributed by atoms with Crippen LogP contribution in [0.4, 0.5) is 15.8 Å². The third-order valence-corrected chi connectivity index (χ3v) is 5.42. The molecule has 0 unspecified atom stereocenters. The maximum Gasteiger partial charge on any atom is 0.234 e. The van der Waals surface area contributed by atoms with Gasteiger partial charge >= 0.3 is 0 Å². The van der Waals surface area contributed by atoms with E-state index in [9.17, 15) is 14.0 Å². The van der Waals surface area contributed by atoms with Gasteiger partial charge in [0, 0.05) is 12.1 Å². The number of rotatable bonds is 8. The van der Waals surface area contributed by atoms with E-state index in [-0.39, 0.29) is 23.8 Å². The molecule has 0 aliphatic heterocycles. The number of nitrogens with zero attached hydrogens (tertiary/aromatic N) is 3. The molecule has 0 fully saturated rings. The van der Waals surface area contributed by atoms with Crippen LogP contribution in [0.1, 0.15) is 5.82 Å². The third kappa shape index (κ3) is 5.96. The molecular formula is C20H19ClFN5O3S. The van der Waals surface area contributed by atoms with Crippen LogP contribution in [-0.2, 0) is 23.1 Å². The maximum absolute atomic E-state index is 13.7. The Morgan fingerprint density at radius 1 is 1.13 bits per heavy atom. The number of aromatic nitrogens is 3. The van der Waals surface area contributed by atoms with Crippen LogP contribution in [0.5, 0.6) is 5.75 Å². The molecule has 3 aromatic rings. The predicted molar refractivity (Wildman–Crippen MR) is 117 cm³/mol. The Morgan fingerprint density at radius 2 is 1.87 bits per heavy atom. The van der Waals surface area contributed by atoms with Crippen LogP contribution in [0.3, 0.4) is 0 Å². The Morgan fingerprint density at radius 3 is 2.61 bits per heavy atom.